The number of nitrogens with zero attached hydrogens (tertiary/aromatic N) is 5. The normalized spacial score (nSPS) is 13.6. The van der Waals surface area contributed by atoms with Crippen LogP contribution in [-0.2, 0) is 32.9 Å². The number of amides is 1. The third-order valence-electron chi connectivity index (χ3n) is 6.74. The van der Waals surface area contributed by atoms with E-state index in [-0.39, 0.29) is 41.9 Å². The van der Waals surface area contributed by atoms with Crippen molar-refractivity contribution in [1.82, 2.24) is 28.8 Å². The van der Waals surface area contributed by atoms with E-state index < -0.39 is 17.8 Å². The van der Waals surface area contributed by atoms with Crippen molar-refractivity contribution in [3.05, 3.63) is 93.5 Å². The maximum Gasteiger partial charge on any atom is 0.435 e. The summed E-state index contributed by atoms with van der Waals surface area (Å²) in [5.41, 5.74) is 0.622. The van der Waals surface area contributed by atoms with Crippen molar-refractivity contribution in [2.45, 2.75) is 51.6 Å². The summed E-state index contributed by atoms with van der Waals surface area (Å²) in [6, 6.07) is 7.96. The van der Waals surface area contributed by atoms with Gasteiger partial charge in [-0.3, -0.25) is 19.7 Å². The van der Waals surface area contributed by atoms with Gasteiger partial charge in [0.1, 0.15) is 0 Å². The highest BCUT2D eigenvalue weighted by Crippen LogP contribution is 2.37. The molecule has 1 aromatic carbocycles. The van der Waals surface area contributed by atoms with Crippen molar-refractivity contribution >= 4 is 5.91 Å². The molecule has 1 fully saturated rings. The van der Waals surface area contributed by atoms with Crippen LogP contribution in [0.4, 0.5) is 13.2 Å². The standard InChI is InChI=1S/C27H28F3N7O2/c1-3-36-16-22(24(33-36)27(28,29)30)19-10-18(15-35-8-9-37(26(35)31)21-5-6-21)11-20(12-19)25(39)32-13-17-4-7-23(38)34(2)14-17/h4,7-12,14,16,21,31H,3,5-6,13,15H2,1-2H3,(H,32,39). The van der Waals surface area contributed by atoms with Crippen LogP contribution in [0.15, 0.2) is 59.9 Å². The van der Waals surface area contributed by atoms with Gasteiger partial charge < -0.3 is 19.0 Å². The van der Waals surface area contributed by atoms with E-state index in [1.165, 1.54) is 27.6 Å². The first-order valence-corrected chi connectivity index (χ1v) is 12.6. The van der Waals surface area contributed by atoms with Crippen molar-refractivity contribution in [3.63, 3.8) is 0 Å². The summed E-state index contributed by atoms with van der Waals surface area (Å²) in [7, 11) is 1.60. The molecule has 9 nitrogen and oxygen atoms in total. The van der Waals surface area contributed by atoms with Crippen LogP contribution in [0.25, 0.3) is 11.1 Å². The molecule has 0 atom stereocenters. The lowest BCUT2D eigenvalue weighted by molar-refractivity contribution is -0.141. The Morgan fingerprint density at radius 3 is 2.56 bits per heavy atom. The second-order valence-electron chi connectivity index (χ2n) is 9.72. The summed E-state index contributed by atoms with van der Waals surface area (Å²) in [4.78, 5) is 24.8. The van der Waals surface area contributed by atoms with Crippen LogP contribution in [-0.4, -0.2) is 29.4 Å². The van der Waals surface area contributed by atoms with Gasteiger partial charge >= 0.3 is 6.18 Å². The molecule has 12 heteroatoms. The zero-order chi connectivity index (χ0) is 27.9. The molecule has 0 bridgehead atoms. The van der Waals surface area contributed by atoms with E-state index in [1.807, 2.05) is 10.8 Å². The number of carbonyl (C=O) groups excluding carboxylic acids is 1. The van der Waals surface area contributed by atoms with Gasteiger partial charge in [-0.15, -0.1) is 0 Å². The Kier molecular flexibility index (Phi) is 6.79. The van der Waals surface area contributed by atoms with Crippen molar-refractivity contribution in [2.75, 3.05) is 0 Å². The second kappa shape index (κ2) is 10.1. The lowest BCUT2D eigenvalue weighted by Crippen LogP contribution is -2.25. The summed E-state index contributed by atoms with van der Waals surface area (Å²) in [5.74, 6) is -0.477. The van der Waals surface area contributed by atoms with Gasteiger partial charge in [0.15, 0.2) is 5.69 Å². The van der Waals surface area contributed by atoms with Gasteiger partial charge in [-0.2, -0.15) is 18.3 Å². The van der Waals surface area contributed by atoms with Gasteiger partial charge in [0.25, 0.3) is 5.91 Å². The molecule has 1 aliphatic carbocycles. The number of pyridine rings is 1. The number of alkyl halides is 3. The summed E-state index contributed by atoms with van der Waals surface area (Å²) in [6.07, 6.45) is 3.88. The number of nitrogens with one attached hydrogen (secondary N) is 2. The van der Waals surface area contributed by atoms with Gasteiger partial charge in [-0.25, -0.2) is 0 Å². The topological polar surface area (TPSA) is 103 Å². The lowest BCUT2D eigenvalue weighted by Gasteiger charge is -2.13. The molecule has 0 aliphatic heterocycles. The number of rotatable bonds is 8. The third kappa shape index (κ3) is 5.59. The maximum atomic E-state index is 13.9. The second-order valence-corrected chi connectivity index (χ2v) is 9.72. The largest absolute Gasteiger partial charge is 0.435 e. The van der Waals surface area contributed by atoms with Crippen LogP contribution < -0.4 is 16.5 Å². The average molecular weight is 540 g/mol. The minimum atomic E-state index is -4.68. The average Bonchev–Trinajstić information content (AvgIpc) is 3.53. The van der Waals surface area contributed by atoms with Crippen molar-refractivity contribution in [1.29, 1.82) is 5.41 Å². The number of aryl methyl sites for hydroxylation is 2. The van der Waals surface area contributed by atoms with E-state index in [0.29, 0.717) is 22.8 Å². The highest BCUT2D eigenvalue weighted by atomic mass is 19.4. The van der Waals surface area contributed by atoms with E-state index in [0.717, 1.165) is 12.8 Å². The molecule has 0 spiro atoms. The maximum absolute atomic E-state index is 13.9. The SMILES string of the molecule is CCn1cc(-c2cc(Cn3ccn(C4CC4)c3=N)cc(C(=O)NCc3ccc(=O)n(C)c3)c2)c(C(F)(F)F)n1. The summed E-state index contributed by atoms with van der Waals surface area (Å²) >= 11 is 0. The first-order valence-electron chi connectivity index (χ1n) is 12.6. The summed E-state index contributed by atoms with van der Waals surface area (Å²) in [5, 5.41) is 15.0. The van der Waals surface area contributed by atoms with Gasteiger partial charge in [0.2, 0.25) is 11.2 Å². The molecule has 0 radical (unpaired) electrons. The first kappa shape index (κ1) is 26.3. The van der Waals surface area contributed by atoms with Crippen molar-refractivity contribution in [2.24, 2.45) is 7.05 Å². The van der Waals surface area contributed by atoms with Crippen LogP contribution in [0.5, 0.6) is 0 Å². The molecule has 39 heavy (non-hydrogen) atoms. The molecule has 4 aromatic rings. The molecule has 3 heterocycles. The Morgan fingerprint density at radius 2 is 1.90 bits per heavy atom. The molecule has 5 rings (SSSR count). The molecular formula is C27H28F3N7O2. The first-order chi connectivity index (χ1) is 18.5. The minimum Gasteiger partial charge on any atom is -0.348 e. The van der Waals surface area contributed by atoms with E-state index in [2.05, 4.69) is 10.4 Å². The molecule has 3 aromatic heterocycles. The summed E-state index contributed by atoms with van der Waals surface area (Å²) < 4.78 is 47.8. The molecule has 0 unspecified atom stereocenters. The van der Waals surface area contributed by atoms with E-state index in [4.69, 9.17) is 5.41 Å². The van der Waals surface area contributed by atoms with Crippen molar-refractivity contribution < 1.29 is 18.0 Å². The van der Waals surface area contributed by atoms with E-state index in [9.17, 15) is 22.8 Å². The highest BCUT2D eigenvalue weighted by Gasteiger charge is 2.37. The zero-order valence-electron chi connectivity index (χ0n) is 21.5. The number of imidazole rings is 1. The Labute approximate surface area is 221 Å². The number of halogens is 3. The predicted octanol–water partition coefficient (Wildman–Crippen LogP) is 3.68. The number of hydrogen-bond acceptors (Lipinski definition) is 4. The third-order valence-corrected chi connectivity index (χ3v) is 6.74. The monoisotopic (exact) mass is 539 g/mol. The number of aromatic nitrogens is 5. The van der Waals surface area contributed by atoms with Gasteiger partial charge in [-0.1, -0.05) is 6.07 Å². The van der Waals surface area contributed by atoms with Crippen LogP contribution in [0.2, 0.25) is 0 Å². The quantitative estimate of drug-likeness (QED) is 0.357. The predicted molar refractivity (Wildman–Crippen MR) is 137 cm³/mol. The Morgan fingerprint density at radius 1 is 1.13 bits per heavy atom. The smallest absolute Gasteiger partial charge is 0.348 e. The zero-order valence-corrected chi connectivity index (χ0v) is 21.5. The molecule has 204 valence electrons. The Hall–Kier alpha value is -4.35. The van der Waals surface area contributed by atoms with Crippen LogP contribution in [0, 0.1) is 5.41 Å². The van der Waals surface area contributed by atoms with Crippen LogP contribution in [0.3, 0.4) is 0 Å². The Bertz CT molecular complexity index is 1650. The molecule has 1 aliphatic rings. The summed E-state index contributed by atoms with van der Waals surface area (Å²) in [6.45, 7) is 2.28. The molecule has 1 amide bonds. The van der Waals surface area contributed by atoms with E-state index in [1.54, 1.807) is 49.1 Å². The van der Waals surface area contributed by atoms with Gasteiger partial charge in [0.05, 0.1) is 6.54 Å². The van der Waals surface area contributed by atoms with Crippen LogP contribution >= 0.6 is 0 Å². The van der Waals surface area contributed by atoms with Gasteiger partial charge in [0, 0.05) is 68.2 Å². The van der Waals surface area contributed by atoms with Crippen LogP contribution in [0.1, 0.15) is 53.0 Å². The molecule has 0 saturated heterocycles. The van der Waals surface area contributed by atoms with E-state index >= 15 is 0 Å². The lowest BCUT2D eigenvalue weighted by atomic mass is 9.99. The molecular weight excluding hydrogens is 511 g/mol. The van der Waals surface area contributed by atoms with Crippen molar-refractivity contribution in [3.8, 4) is 11.1 Å². The number of benzene rings is 1. The van der Waals surface area contributed by atoms with Gasteiger partial charge in [-0.05, 0) is 54.7 Å². The minimum absolute atomic E-state index is 0.120. The molecule has 2 N–H and O–H groups in total. The fraction of sp³-hybridized carbons (Fsp3) is 0.333. The number of hydrogen-bond donors (Lipinski definition) is 2. The number of carbonyl (C=O) groups is 1. The fourth-order valence-electron chi connectivity index (χ4n) is 4.53. The fourth-order valence-corrected chi connectivity index (χ4v) is 4.53. The Balaban J connectivity index is 1.52. The molecule has 1 saturated carbocycles. The highest BCUT2D eigenvalue weighted by molar-refractivity contribution is 5.95.